The molecule has 1 N–H and O–H groups in total. The summed E-state index contributed by atoms with van der Waals surface area (Å²) in [4.78, 5) is 7.23. The fraction of sp³-hybridized carbons (Fsp3) is 0.500. The van der Waals surface area contributed by atoms with E-state index in [-0.39, 0.29) is 22.9 Å². The van der Waals surface area contributed by atoms with Gasteiger partial charge in [0.2, 0.25) is 10.0 Å². The molecule has 27 heavy (non-hydrogen) atoms. The summed E-state index contributed by atoms with van der Waals surface area (Å²) in [5.41, 5.74) is 1.93. The highest BCUT2D eigenvalue weighted by molar-refractivity contribution is 14.1. The molecular formula is C14H14F3IN6O2S. The van der Waals surface area contributed by atoms with E-state index in [2.05, 4.69) is 42.8 Å². The minimum absolute atomic E-state index is 0.0723. The standard InChI is InChI=1S/C14H14F3IN6O2S/c15-14(16,17)2-4-27(25,26)23-6-8(9(18)7-23)13-22-21-11-5-20-12-10(24(11)13)1-3-19-12/h1,3,5,8-9,19H,2,4,6-7H2/t8-,9+/m0/s1. The largest absolute Gasteiger partial charge is 0.390 e. The van der Waals surface area contributed by atoms with E-state index >= 15 is 0 Å². The number of hydrogen-bond donors (Lipinski definition) is 1. The predicted molar refractivity (Wildman–Crippen MR) is 99.2 cm³/mol. The Labute approximate surface area is 165 Å². The second-order valence-electron chi connectivity index (χ2n) is 6.34. The van der Waals surface area contributed by atoms with Gasteiger partial charge in [0, 0.05) is 29.1 Å². The summed E-state index contributed by atoms with van der Waals surface area (Å²) in [7, 11) is -4.00. The Morgan fingerprint density at radius 1 is 1.30 bits per heavy atom. The van der Waals surface area contributed by atoms with Crippen molar-refractivity contribution in [3.05, 3.63) is 24.3 Å². The van der Waals surface area contributed by atoms with Crippen LogP contribution in [0, 0.1) is 0 Å². The number of aromatic amines is 1. The van der Waals surface area contributed by atoms with Crippen LogP contribution in [0.15, 0.2) is 18.5 Å². The Hall–Kier alpha value is -1.48. The van der Waals surface area contributed by atoms with Gasteiger partial charge in [-0.15, -0.1) is 10.2 Å². The minimum Gasteiger partial charge on any atom is -0.345 e. The van der Waals surface area contributed by atoms with Gasteiger partial charge in [-0.3, -0.25) is 4.40 Å². The van der Waals surface area contributed by atoms with Gasteiger partial charge in [0.05, 0.1) is 23.9 Å². The number of fused-ring (bicyclic) bond motifs is 3. The molecule has 3 aromatic rings. The zero-order valence-corrected chi connectivity index (χ0v) is 16.7. The molecule has 4 rings (SSSR count). The smallest absolute Gasteiger partial charge is 0.345 e. The van der Waals surface area contributed by atoms with Gasteiger partial charge < -0.3 is 4.98 Å². The van der Waals surface area contributed by atoms with Crippen LogP contribution in [0.1, 0.15) is 18.2 Å². The lowest BCUT2D eigenvalue weighted by Gasteiger charge is -2.16. The van der Waals surface area contributed by atoms with E-state index < -0.39 is 28.4 Å². The maximum atomic E-state index is 12.4. The van der Waals surface area contributed by atoms with Crippen molar-refractivity contribution in [2.45, 2.75) is 22.4 Å². The molecule has 0 saturated carbocycles. The van der Waals surface area contributed by atoms with E-state index in [0.29, 0.717) is 17.1 Å². The zero-order valence-electron chi connectivity index (χ0n) is 13.7. The van der Waals surface area contributed by atoms with Crippen molar-refractivity contribution in [2.75, 3.05) is 18.8 Å². The molecule has 0 unspecified atom stereocenters. The lowest BCUT2D eigenvalue weighted by atomic mass is 10.1. The third-order valence-corrected chi connectivity index (χ3v) is 7.62. The summed E-state index contributed by atoms with van der Waals surface area (Å²) in [6.45, 7) is 0.213. The molecule has 1 aliphatic rings. The van der Waals surface area contributed by atoms with E-state index in [1.807, 2.05) is 6.07 Å². The van der Waals surface area contributed by atoms with Gasteiger partial charge >= 0.3 is 6.18 Å². The van der Waals surface area contributed by atoms with Crippen molar-refractivity contribution in [1.82, 2.24) is 28.9 Å². The van der Waals surface area contributed by atoms with Crippen LogP contribution >= 0.6 is 22.6 Å². The van der Waals surface area contributed by atoms with Crippen molar-refractivity contribution in [3.63, 3.8) is 0 Å². The van der Waals surface area contributed by atoms with E-state index in [0.717, 1.165) is 9.82 Å². The van der Waals surface area contributed by atoms with Gasteiger partial charge in [0.25, 0.3) is 0 Å². The first-order valence-corrected chi connectivity index (χ1v) is 10.9. The molecule has 8 nitrogen and oxygen atoms in total. The zero-order chi connectivity index (χ0) is 19.4. The van der Waals surface area contributed by atoms with Crippen molar-refractivity contribution in [3.8, 4) is 0 Å². The summed E-state index contributed by atoms with van der Waals surface area (Å²) in [5, 5.41) is 8.31. The second-order valence-corrected chi connectivity index (χ2v) is 10.0. The van der Waals surface area contributed by atoms with Crippen LogP contribution in [0.25, 0.3) is 16.8 Å². The van der Waals surface area contributed by atoms with Gasteiger partial charge in [0.15, 0.2) is 11.3 Å². The van der Waals surface area contributed by atoms with Gasteiger partial charge in [-0.25, -0.2) is 17.7 Å². The van der Waals surface area contributed by atoms with Crippen LogP contribution in [0.2, 0.25) is 0 Å². The van der Waals surface area contributed by atoms with Gasteiger partial charge in [-0.05, 0) is 6.07 Å². The Balaban J connectivity index is 1.64. The fourth-order valence-electron chi connectivity index (χ4n) is 3.21. The number of nitrogens with one attached hydrogen (secondary N) is 1. The average Bonchev–Trinajstić information content (AvgIpc) is 3.28. The van der Waals surface area contributed by atoms with Crippen LogP contribution in [-0.2, 0) is 10.0 Å². The molecule has 4 heterocycles. The van der Waals surface area contributed by atoms with Crippen molar-refractivity contribution in [1.29, 1.82) is 0 Å². The predicted octanol–water partition coefficient (Wildman–Crippen LogP) is 2.09. The van der Waals surface area contributed by atoms with E-state index in [1.54, 1.807) is 16.8 Å². The summed E-state index contributed by atoms with van der Waals surface area (Å²) < 4.78 is 64.7. The monoisotopic (exact) mass is 514 g/mol. The van der Waals surface area contributed by atoms with Crippen molar-refractivity contribution in [2.24, 2.45) is 0 Å². The number of rotatable bonds is 4. The first-order chi connectivity index (χ1) is 12.7. The van der Waals surface area contributed by atoms with Crippen molar-refractivity contribution >= 4 is 49.4 Å². The molecule has 0 aliphatic carbocycles. The molecule has 3 aromatic heterocycles. The van der Waals surface area contributed by atoms with Crippen LogP contribution in [0.4, 0.5) is 13.2 Å². The number of nitrogens with zero attached hydrogens (tertiary/aromatic N) is 5. The molecule has 146 valence electrons. The number of H-pyrrole nitrogens is 1. The normalized spacial score (nSPS) is 22.2. The summed E-state index contributed by atoms with van der Waals surface area (Å²) in [6.07, 6.45) is -2.58. The lowest BCUT2D eigenvalue weighted by Crippen LogP contribution is -2.33. The van der Waals surface area contributed by atoms with Gasteiger partial charge in [-0.2, -0.15) is 13.2 Å². The molecule has 0 radical (unpaired) electrons. The third-order valence-electron chi connectivity index (χ3n) is 4.55. The molecule has 1 saturated heterocycles. The molecule has 13 heteroatoms. The topological polar surface area (TPSA) is 96.2 Å². The van der Waals surface area contributed by atoms with Crippen LogP contribution in [0.5, 0.6) is 0 Å². The number of alkyl halides is 4. The summed E-state index contributed by atoms with van der Waals surface area (Å²) in [6, 6.07) is 1.82. The Kier molecular flexibility index (Phi) is 4.57. The summed E-state index contributed by atoms with van der Waals surface area (Å²) in [5.74, 6) is -0.661. The van der Waals surface area contributed by atoms with Crippen LogP contribution in [-0.4, -0.2) is 66.2 Å². The molecule has 0 amide bonds. The molecule has 0 spiro atoms. The second kappa shape index (κ2) is 6.55. The molecule has 0 aromatic carbocycles. The third kappa shape index (κ3) is 3.51. The first-order valence-electron chi connectivity index (χ1n) is 8.01. The first kappa shape index (κ1) is 18.9. The highest BCUT2D eigenvalue weighted by Crippen LogP contribution is 2.35. The Bertz CT molecular complexity index is 1100. The number of aromatic nitrogens is 5. The molecule has 1 aliphatic heterocycles. The summed E-state index contributed by atoms with van der Waals surface area (Å²) >= 11 is 2.12. The maximum absolute atomic E-state index is 12.4. The van der Waals surface area contributed by atoms with E-state index in [4.69, 9.17) is 0 Å². The van der Waals surface area contributed by atoms with E-state index in [9.17, 15) is 21.6 Å². The van der Waals surface area contributed by atoms with Crippen molar-refractivity contribution < 1.29 is 21.6 Å². The van der Waals surface area contributed by atoms with Crippen LogP contribution < -0.4 is 0 Å². The minimum atomic E-state index is -4.51. The highest BCUT2D eigenvalue weighted by Gasteiger charge is 2.42. The van der Waals surface area contributed by atoms with Crippen LogP contribution in [0.3, 0.4) is 0 Å². The molecular weight excluding hydrogens is 500 g/mol. The SMILES string of the molecule is O=S(=O)(CCC(F)(F)F)N1C[C@@H](I)[C@@H](c2nnc3cnc4[nH]ccc4n23)C1. The van der Waals surface area contributed by atoms with Gasteiger partial charge in [-0.1, -0.05) is 22.6 Å². The van der Waals surface area contributed by atoms with Gasteiger partial charge in [0.1, 0.15) is 5.82 Å². The molecule has 2 atom stereocenters. The Morgan fingerprint density at radius 3 is 2.81 bits per heavy atom. The number of sulfonamides is 1. The highest BCUT2D eigenvalue weighted by atomic mass is 127. The number of hydrogen-bond acceptors (Lipinski definition) is 5. The molecule has 0 bridgehead atoms. The average molecular weight is 514 g/mol. The number of halogens is 4. The molecule has 1 fully saturated rings. The Morgan fingerprint density at radius 2 is 2.07 bits per heavy atom. The quantitative estimate of drug-likeness (QED) is 0.425. The lowest BCUT2D eigenvalue weighted by molar-refractivity contribution is -0.130. The maximum Gasteiger partial charge on any atom is 0.390 e. The van der Waals surface area contributed by atoms with E-state index in [1.165, 1.54) is 0 Å². The fourth-order valence-corrected chi connectivity index (χ4v) is 6.03.